The molecule has 0 unspecified atom stereocenters. The van der Waals surface area contributed by atoms with Crippen LogP contribution < -0.4 is 8.92 Å². The van der Waals surface area contributed by atoms with Gasteiger partial charge in [0.15, 0.2) is 0 Å². The van der Waals surface area contributed by atoms with Crippen LogP contribution in [0.3, 0.4) is 0 Å². The Hall–Kier alpha value is -2.01. The molecule has 2 aliphatic rings. The lowest BCUT2D eigenvalue weighted by atomic mass is 10.1. The molecule has 0 amide bonds. The predicted molar refractivity (Wildman–Crippen MR) is 82.1 cm³/mol. The summed E-state index contributed by atoms with van der Waals surface area (Å²) in [5.41, 5.74) is 2.16. The van der Waals surface area contributed by atoms with E-state index in [2.05, 4.69) is 12.1 Å². The van der Waals surface area contributed by atoms with Crippen LogP contribution in [-0.2, 0) is 23.1 Å². The van der Waals surface area contributed by atoms with Gasteiger partial charge in [-0.1, -0.05) is 37.3 Å². The third kappa shape index (κ3) is 4.79. The fourth-order valence-corrected chi connectivity index (χ4v) is 2.38. The van der Waals surface area contributed by atoms with Crippen LogP contribution in [0, 0.1) is 0 Å². The quantitative estimate of drug-likeness (QED) is 0.817. The third-order valence-corrected chi connectivity index (χ3v) is 3.41. The van der Waals surface area contributed by atoms with Crippen LogP contribution in [-0.4, -0.2) is 14.7 Å². The zero-order valence-electron chi connectivity index (χ0n) is 12.1. The summed E-state index contributed by atoms with van der Waals surface area (Å²) in [6.07, 6.45) is 1.80. The normalized spacial score (nSPS) is 12.1. The van der Waals surface area contributed by atoms with Crippen LogP contribution in [0.5, 0.6) is 11.5 Å². The summed E-state index contributed by atoms with van der Waals surface area (Å²) in [5, 5.41) is 0. The van der Waals surface area contributed by atoms with Crippen LogP contribution >= 0.6 is 0 Å². The summed E-state index contributed by atoms with van der Waals surface area (Å²) < 4.78 is 31.7. The monoisotopic (exact) mass is 306 g/mol. The zero-order chi connectivity index (χ0) is 15.3. The van der Waals surface area contributed by atoms with Crippen molar-refractivity contribution in [2.45, 2.75) is 20.0 Å². The second-order valence-electron chi connectivity index (χ2n) is 4.68. The van der Waals surface area contributed by atoms with Gasteiger partial charge < -0.3 is 8.92 Å². The maximum Gasteiger partial charge on any atom is 0.306 e. The van der Waals surface area contributed by atoms with Gasteiger partial charge in [0.1, 0.15) is 18.1 Å². The lowest BCUT2D eigenvalue weighted by molar-refractivity contribution is 0.295. The van der Waals surface area contributed by atoms with Gasteiger partial charge in [0, 0.05) is 0 Å². The average molecular weight is 306 g/mol. The lowest BCUT2D eigenvalue weighted by Crippen LogP contribution is -2.07. The second-order valence-corrected chi connectivity index (χ2v) is 6.26. The van der Waals surface area contributed by atoms with Gasteiger partial charge in [-0.25, -0.2) is 0 Å². The summed E-state index contributed by atoms with van der Waals surface area (Å²) in [5.74, 6) is 1.41. The van der Waals surface area contributed by atoms with E-state index in [1.165, 1.54) is 5.56 Å². The molecule has 4 rings (SSSR count). The molecule has 0 aromatic heterocycles. The topological polar surface area (TPSA) is 52.6 Å². The first-order valence-electron chi connectivity index (χ1n) is 6.67. The van der Waals surface area contributed by atoms with Crippen LogP contribution in [0.25, 0.3) is 0 Å². The van der Waals surface area contributed by atoms with Crippen molar-refractivity contribution in [1.29, 1.82) is 0 Å². The molecule has 2 aromatic rings. The lowest BCUT2D eigenvalue weighted by Gasteiger charge is -2.11. The Bertz CT molecular complexity index is 667. The Balaban J connectivity index is 0.000000170. The van der Waals surface area contributed by atoms with Crippen molar-refractivity contribution in [3.63, 3.8) is 0 Å². The highest BCUT2D eigenvalue weighted by Crippen LogP contribution is 2.20. The van der Waals surface area contributed by atoms with E-state index in [0.717, 1.165) is 30.6 Å². The number of hydrogen-bond donors (Lipinski definition) is 0. The number of fused-ring (bicyclic) bond motifs is 3. The van der Waals surface area contributed by atoms with Gasteiger partial charge in [0.2, 0.25) is 0 Å². The number of aryl methyl sites for hydroxylation is 1. The molecule has 0 radical (unpaired) electrons. The first-order chi connectivity index (χ1) is 9.98. The van der Waals surface area contributed by atoms with Crippen molar-refractivity contribution in [3.8, 4) is 11.5 Å². The summed E-state index contributed by atoms with van der Waals surface area (Å²) in [7, 11) is -3.41. The van der Waals surface area contributed by atoms with Gasteiger partial charge in [-0.2, -0.15) is 8.42 Å². The predicted octanol–water partition coefficient (Wildman–Crippen LogP) is 3.17. The van der Waals surface area contributed by atoms with Crippen molar-refractivity contribution in [2.75, 3.05) is 6.26 Å². The number of ether oxygens (including phenoxy) is 1. The molecule has 2 aliphatic heterocycles. The maximum atomic E-state index is 10.8. The summed E-state index contributed by atoms with van der Waals surface area (Å²) in [4.78, 5) is 0. The molecule has 0 fully saturated rings. The number of hydrogen-bond acceptors (Lipinski definition) is 4. The molecule has 2 bridgehead atoms. The molecule has 0 N–H and O–H groups in total. The summed E-state index contributed by atoms with van der Waals surface area (Å²) in [6, 6.07) is 15.2. The molecular weight excluding hydrogens is 288 g/mol. The molecule has 2 aromatic carbocycles. The van der Waals surface area contributed by atoms with E-state index in [4.69, 9.17) is 8.92 Å². The first-order valence-corrected chi connectivity index (χ1v) is 8.48. The number of benzene rings is 2. The Morgan fingerprint density at radius 2 is 1.76 bits per heavy atom. The minimum Gasteiger partial charge on any atom is -0.489 e. The Morgan fingerprint density at radius 1 is 1.10 bits per heavy atom. The van der Waals surface area contributed by atoms with E-state index >= 15 is 0 Å². The van der Waals surface area contributed by atoms with Gasteiger partial charge in [0.05, 0.1) is 6.26 Å². The van der Waals surface area contributed by atoms with Crippen LogP contribution in [0.2, 0.25) is 0 Å². The molecule has 5 heteroatoms. The Kier molecular flexibility index (Phi) is 4.85. The standard InChI is InChI=1S/C9H12O3S.C7H6O/c1-3-8-6-4-5-7-9(8)12-13(2,10)11;1-3-7-4-2-6(1)5-8-7/h4-7H,3H2,1-2H3;1-4H,5H2. The summed E-state index contributed by atoms with van der Waals surface area (Å²) in [6.45, 7) is 2.72. The van der Waals surface area contributed by atoms with Crippen molar-refractivity contribution in [3.05, 3.63) is 59.7 Å². The molecule has 0 atom stereocenters. The van der Waals surface area contributed by atoms with Crippen LogP contribution in [0.15, 0.2) is 48.5 Å². The van der Waals surface area contributed by atoms with Gasteiger partial charge in [-0.05, 0) is 35.7 Å². The van der Waals surface area contributed by atoms with Crippen molar-refractivity contribution < 1.29 is 17.3 Å². The molecule has 0 aliphatic carbocycles. The van der Waals surface area contributed by atoms with Crippen LogP contribution in [0.1, 0.15) is 18.1 Å². The fraction of sp³-hybridized carbons (Fsp3) is 0.250. The highest BCUT2D eigenvalue weighted by atomic mass is 32.2. The average Bonchev–Trinajstić information content (AvgIpc) is 2.49. The zero-order valence-corrected chi connectivity index (χ0v) is 12.9. The number of para-hydroxylation sites is 1. The molecule has 112 valence electrons. The van der Waals surface area contributed by atoms with Gasteiger partial charge in [-0.3, -0.25) is 0 Å². The molecule has 0 saturated heterocycles. The van der Waals surface area contributed by atoms with Crippen molar-refractivity contribution >= 4 is 10.1 Å². The largest absolute Gasteiger partial charge is 0.489 e. The van der Waals surface area contributed by atoms with Gasteiger partial charge in [0.25, 0.3) is 0 Å². The maximum absolute atomic E-state index is 10.8. The second kappa shape index (κ2) is 6.63. The minimum absolute atomic E-state index is 0.424. The minimum atomic E-state index is -3.41. The highest BCUT2D eigenvalue weighted by molar-refractivity contribution is 7.86. The van der Waals surface area contributed by atoms with Crippen molar-refractivity contribution in [2.24, 2.45) is 0 Å². The SMILES string of the molecule is CCc1ccccc1OS(C)(=O)=O.c1cc2ccc1CO2. The van der Waals surface area contributed by atoms with E-state index in [9.17, 15) is 8.42 Å². The van der Waals surface area contributed by atoms with Gasteiger partial charge >= 0.3 is 10.1 Å². The first kappa shape index (κ1) is 15.4. The molecule has 0 spiro atoms. The van der Waals surface area contributed by atoms with E-state index in [0.29, 0.717) is 5.75 Å². The third-order valence-electron chi connectivity index (χ3n) is 2.92. The smallest absolute Gasteiger partial charge is 0.306 e. The van der Waals surface area contributed by atoms with E-state index in [1.807, 2.05) is 31.2 Å². The van der Waals surface area contributed by atoms with E-state index < -0.39 is 10.1 Å². The molecule has 0 saturated carbocycles. The van der Waals surface area contributed by atoms with E-state index in [-0.39, 0.29) is 0 Å². The summed E-state index contributed by atoms with van der Waals surface area (Å²) >= 11 is 0. The Morgan fingerprint density at radius 3 is 2.14 bits per heavy atom. The molecule has 21 heavy (non-hydrogen) atoms. The highest BCUT2D eigenvalue weighted by Gasteiger charge is 2.07. The molecule has 2 heterocycles. The van der Waals surface area contributed by atoms with Crippen LogP contribution in [0.4, 0.5) is 0 Å². The Labute approximate surface area is 125 Å². The van der Waals surface area contributed by atoms with Gasteiger partial charge in [-0.15, -0.1) is 0 Å². The fourth-order valence-electron chi connectivity index (χ4n) is 1.89. The molecular formula is C16H18O4S. The van der Waals surface area contributed by atoms with Crippen molar-refractivity contribution in [1.82, 2.24) is 0 Å². The molecule has 4 nitrogen and oxygen atoms in total. The van der Waals surface area contributed by atoms with E-state index in [1.54, 1.807) is 12.1 Å². The number of rotatable bonds is 3.